The van der Waals surface area contributed by atoms with Crippen molar-refractivity contribution < 1.29 is 4.42 Å². The quantitative estimate of drug-likeness (QED) is 0.181. The molecule has 54 heavy (non-hydrogen) atoms. The number of benzene rings is 8. The van der Waals surface area contributed by atoms with Gasteiger partial charge in [-0.2, -0.15) is 0 Å². The molecule has 11 aromatic rings. The first-order chi connectivity index (χ1) is 26.5. The van der Waals surface area contributed by atoms with Gasteiger partial charge in [0.05, 0.1) is 33.1 Å². The number of nitrogens with zero attached hydrogens (tertiary/aromatic N) is 2. The first-order valence-corrected chi connectivity index (χ1v) is 18.8. The molecular weight excluding hydrogens is 657 g/mol. The van der Waals surface area contributed by atoms with E-state index in [2.05, 4.69) is 193 Å². The van der Waals surface area contributed by atoms with E-state index in [1.165, 1.54) is 77.1 Å². The van der Waals surface area contributed by atoms with Crippen LogP contribution >= 0.6 is 0 Å². The van der Waals surface area contributed by atoms with Crippen molar-refractivity contribution in [1.29, 1.82) is 0 Å². The summed E-state index contributed by atoms with van der Waals surface area (Å²) in [5.74, 6) is 0. The molecule has 0 saturated heterocycles. The van der Waals surface area contributed by atoms with Crippen LogP contribution in [0.2, 0.25) is 0 Å². The van der Waals surface area contributed by atoms with Gasteiger partial charge in [-0.3, -0.25) is 0 Å². The van der Waals surface area contributed by atoms with Crippen LogP contribution < -0.4 is 0 Å². The van der Waals surface area contributed by atoms with Crippen molar-refractivity contribution in [3.63, 3.8) is 0 Å². The predicted octanol–water partition coefficient (Wildman–Crippen LogP) is 13.8. The Bertz CT molecular complexity index is 3350. The Morgan fingerprint density at radius 1 is 0.407 bits per heavy atom. The van der Waals surface area contributed by atoms with Crippen LogP contribution in [0.25, 0.3) is 99.2 Å². The van der Waals surface area contributed by atoms with Crippen LogP contribution in [-0.4, -0.2) is 9.13 Å². The average Bonchev–Trinajstić information content (AvgIpc) is 3.92. The summed E-state index contributed by atoms with van der Waals surface area (Å²) in [6, 6.07) is 62.1. The van der Waals surface area contributed by atoms with Crippen LogP contribution in [0.1, 0.15) is 25.0 Å². The van der Waals surface area contributed by atoms with Gasteiger partial charge in [0.1, 0.15) is 11.2 Å². The van der Waals surface area contributed by atoms with Crippen LogP contribution in [0.5, 0.6) is 0 Å². The molecule has 12 rings (SSSR count). The van der Waals surface area contributed by atoms with Crippen molar-refractivity contribution in [3.05, 3.63) is 181 Å². The molecule has 3 aromatic heterocycles. The number of aromatic nitrogens is 2. The third kappa shape index (κ3) is 3.91. The van der Waals surface area contributed by atoms with Crippen molar-refractivity contribution in [2.24, 2.45) is 0 Å². The summed E-state index contributed by atoms with van der Waals surface area (Å²) < 4.78 is 11.5. The van der Waals surface area contributed by atoms with Gasteiger partial charge < -0.3 is 13.6 Å². The van der Waals surface area contributed by atoms with Crippen molar-refractivity contribution in [1.82, 2.24) is 9.13 Å². The zero-order valence-electron chi connectivity index (χ0n) is 30.0. The van der Waals surface area contributed by atoms with Gasteiger partial charge in [0.2, 0.25) is 0 Å². The second-order valence-electron chi connectivity index (χ2n) is 15.3. The van der Waals surface area contributed by atoms with Gasteiger partial charge in [-0.15, -0.1) is 0 Å². The molecule has 0 N–H and O–H groups in total. The minimum atomic E-state index is -0.0981. The second-order valence-corrected chi connectivity index (χ2v) is 15.3. The number of rotatable bonds is 3. The van der Waals surface area contributed by atoms with E-state index in [1.807, 2.05) is 0 Å². The molecule has 0 fully saturated rings. The summed E-state index contributed by atoms with van der Waals surface area (Å²) in [4.78, 5) is 0. The summed E-state index contributed by atoms with van der Waals surface area (Å²) in [5.41, 5.74) is 16.6. The molecule has 0 amide bonds. The van der Waals surface area contributed by atoms with E-state index in [0.717, 1.165) is 33.2 Å². The first-order valence-electron chi connectivity index (χ1n) is 18.8. The second kappa shape index (κ2) is 10.6. The van der Waals surface area contributed by atoms with Crippen molar-refractivity contribution in [2.75, 3.05) is 0 Å². The molecule has 0 unspecified atom stereocenters. The Labute approximate surface area is 311 Å². The Kier molecular flexibility index (Phi) is 5.84. The summed E-state index contributed by atoms with van der Waals surface area (Å²) in [6.07, 6.45) is 0. The minimum absolute atomic E-state index is 0.0981. The lowest BCUT2D eigenvalue weighted by molar-refractivity contribution is 0.661. The number of hydrogen-bond donors (Lipinski definition) is 0. The highest BCUT2D eigenvalue weighted by molar-refractivity contribution is 6.16. The Morgan fingerprint density at radius 2 is 1.06 bits per heavy atom. The van der Waals surface area contributed by atoms with Crippen LogP contribution in [-0.2, 0) is 5.41 Å². The van der Waals surface area contributed by atoms with E-state index in [1.54, 1.807) is 0 Å². The van der Waals surface area contributed by atoms with E-state index in [4.69, 9.17) is 4.42 Å². The smallest absolute Gasteiger partial charge is 0.137 e. The first kappa shape index (κ1) is 29.7. The fraction of sp³-hybridized carbons (Fsp3) is 0.0588. The van der Waals surface area contributed by atoms with E-state index >= 15 is 0 Å². The summed E-state index contributed by atoms with van der Waals surface area (Å²) in [6.45, 7) is 4.72. The predicted molar refractivity (Wildman–Crippen MR) is 225 cm³/mol. The Balaban J connectivity index is 1.09. The third-order valence-electron chi connectivity index (χ3n) is 12.1. The minimum Gasteiger partial charge on any atom is -0.456 e. The topological polar surface area (TPSA) is 23.0 Å². The average molecular weight is 691 g/mol. The summed E-state index contributed by atoms with van der Waals surface area (Å²) in [5, 5.41) is 7.26. The van der Waals surface area contributed by atoms with Crippen molar-refractivity contribution in [2.45, 2.75) is 19.3 Å². The standard InChI is InChI=1S/C51H34N2O/c1-51(2)41-18-9-6-15-34(41)37-29-39-36-17-8-11-20-44(36)53(47(39)30-42(37)51)46-21-12-22-49-50(46)40-28-32(24-26-48(40)54-49)31-23-25-45-38(27-31)35-16-7-10-19-43(35)52(45)33-13-4-3-5-14-33/h3-30H,1-2H3. The molecule has 0 spiro atoms. The maximum atomic E-state index is 6.62. The monoisotopic (exact) mass is 690 g/mol. The molecule has 0 saturated carbocycles. The highest BCUT2D eigenvalue weighted by Gasteiger charge is 2.36. The maximum Gasteiger partial charge on any atom is 0.137 e. The fourth-order valence-corrected chi connectivity index (χ4v) is 9.60. The molecule has 3 nitrogen and oxygen atoms in total. The van der Waals surface area contributed by atoms with Gasteiger partial charge in [-0.05, 0) is 106 Å². The SMILES string of the molecule is CC1(C)c2ccccc2-c2cc3c4ccccc4n(-c4cccc5oc6ccc(-c7ccc8c(c7)c7ccccc7n8-c7ccccc7)cc6c45)c3cc21. The largest absolute Gasteiger partial charge is 0.456 e. The molecule has 0 bridgehead atoms. The Morgan fingerprint density at radius 3 is 1.87 bits per heavy atom. The fourth-order valence-electron chi connectivity index (χ4n) is 9.60. The molecule has 3 heteroatoms. The molecule has 1 aliphatic carbocycles. The molecule has 0 atom stereocenters. The van der Waals surface area contributed by atoms with Gasteiger partial charge in [0.25, 0.3) is 0 Å². The molecule has 3 heterocycles. The van der Waals surface area contributed by atoms with Gasteiger partial charge >= 0.3 is 0 Å². The molecule has 0 aliphatic heterocycles. The number of furan rings is 1. The van der Waals surface area contributed by atoms with Crippen molar-refractivity contribution in [3.8, 4) is 33.6 Å². The zero-order valence-corrected chi connectivity index (χ0v) is 30.0. The van der Waals surface area contributed by atoms with E-state index in [9.17, 15) is 0 Å². The zero-order chi connectivity index (χ0) is 35.7. The van der Waals surface area contributed by atoms with Crippen LogP contribution in [0.15, 0.2) is 174 Å². The molecule has 1 aliphatic rings. The third-order valence-corrected chi connectivity index (χ3v) is 12.1. The van der Waals surface area contributed by atoms with Gasteiger partial charge in [0.15, 0.2) is 0 Å². The lowest BCUT2D eigenvalue weighted by Gasteiger charge is -2.21. The van der Waals surface area contributed by atoms with E-state index in [-0.39, 0.29) is 5.41 Å². The molecule has 0 radical (unpaired) electrons. The number of fused-ring (bicyclic) bond motifs is 12. The van der Waals surface area contributed by atoms with Gasteiger partial charge in [0, 0.05) is 38.0 Å². The van der Waals surface area contributed by atoms with Crippen molar-refractivity contribution >= 4 is 65.6 Å². The normalized spacial score (nSPS) is 13.5. The molecule has 254 valence electrons. The Hall–Kier alpha value is -6.84. The summed E-state index contributed by atoms with van der Waals surface area (Å²) >= 11 is 0. The highest BCUT2D eigenvalue weighted by atomic mass is 16.3. The molecule has 8 aromatic carbocycles. The number of para-hydroxylation sites is 3. The highest BCUT2D eigenvalue weighted by Crippen LogP contribution is 2.51. The van der Waals surface area contributed by atoms with Gasteiger partial charge in [-0.25, -0.2) is 0 Å². The lowest BCUT2D eigenvalue weighted by Crippen LogP contribution is -2.14. The lowest BCUT2D eigenvalue weighted by atomic mass is 9.82. The maximum absolute atomic E-state index is 6.62. The van der Waals surface area contributed by atoms with E-state index in [0.29, 0.717) is 0 Å². The van der Waals surface area contributed by atoms with Crippen LogP contribution in [0.3, 0.4) is 0 Å². The van der Waals surface area contributed by atoms with Crippen LogP contribution in [0.4, 0.5) is 0 Å². The van der Waals surface area contributed by atoms with Gasteiger partial charge in [-0.1, -0.05) is 111 Å². The number of hydrogen-bond acceptors (Lipinski definition) is 1. The van der Waals surface area contributed by atoms with E-state index < -0.39 is 0 Å². The summed E-state index contributed by atoms with van der Waals surface area (Å²) in [7, 11) is 0. The molecular formula is C51H34N2O. The van der Waals surface area contributed by atoms with Crippen LogP contribution in [0, 0.1) is 0 Å².